The van der Waals surface area contributed by atoms with Gasteiger partial charge in [0.25, 0.3) is 0 Å². The first kappa shape index (κ1) is 24.8. The molecule has 7 aromatic carbocycles. The van der Waals surface area contributed by atoms with Crippen molar-refractivity contribution in [3.8, 4) is 27.9 Å². The zero-order valence-electron chi connectivity index (χ0n) is 25.1. The number of para-hydroxylation sites is 1. The first-order chi connectivity index (χ1) is 22.1. The maximum atomic E-state index is 6.84. The molecule has 0 N–H and O–H groups in total. The van der Waals surface area contributed by atoms with E-state index >= 15 is 0 Å². The van der Waals surface area contributed by atoms with Gasteiger partial charge in [-0.1, -0.05) is 123 Å². The van der Waals surface area contributed by atoms with Gasteiger partial charge in [0.1, 0.15) is 11.2 Å². The summed E-state index contributed by atoms with van der Waals surface area (Å²) in [7, 11) is 0. The average molecular weight is 576 g/mol. The maximum absolute atomic E-state index is 6.84. The highest BCUT2D eigenvalue weighted by molar-refractivity contribution is 6.14. The second kappa shape index (κ2) is 8.74. The molecule has 1 aliphatic carbocycles. The number of aromatic nitrogens is 1. The van der Waals surface area contributed by atoms with Gasteiger partial charge in [-0.3, -0.25) is 0 Å². The molecule has 0 saturated carbocycles. The summed E-state index contributed by atoms with van der Waals surface area (Å²) in [6, 6.07) is 50.9. The van der Waals surface area contributed by atoms with Gasteiger partial charge in [0.05, 0.1) is 11.0 Å². The number of fused-ring (bicyclic) bond motifs is 11. The van der Waals surface area contributed by atoms with Gasteiger partial charge in [0, 0.05) is 44.3 Å². The largest absolute Gasteiger partial charge is 0.455 e. The number of hydrogen-bond acceptors (Lipinski definition) is 1. The molecular weight excluding hydrogens is 546 g/mol. The summed E-state index contributed by atoms with van der Waals surface area (Å²) < 4.78 is 9.23. The number of hydrogen-bond donors (Lipinski definition) is 0. The Bertz CT molecular complexity index is 2680. The SMILES string of the molecule is CC1(C)c2ccccc2-c2c1ccc1c2oc2cc(-n3c4ccccc4c4ccc(-c5cccc6ccccc56)cc43)ccc21. The molecule has 0 radical (unpaired) electrons. The Labute approximate surface area is 260 Å². The lowest BCUT2D eigenvalue weighted by Crippen LogP contribution is -2.14. The number of furan rings is 1. The van der Waals surface area contributed by atoms with E-state index in [9.17, 15) is 0 Å². The van der Waals surface area contributed by atoms with Crippen LogP contribution < -0.4 is 0 Å². The summed E-state index contributed by atoms with van der Waals surface area (Å²) >= 11 is 0. The molecule has 10 rings (SSSR count). The van der Waals surface area contributed by atoms with E-state index < -0.39 is 0 Å². The minimum absolute atomic E-state index is 0.0605. The Hall–Kier alpha value is -5.60. The molecular formula is C43H29NO. The van der Waals surface area contributed by atoms with E-state index in [1.807, 2.05) is 0 Å². The lowest BCUT2D eigenvalue weighted by molar-refractivity contribution is 0.653. The molecule has 2 heteroatoms. The summed E-state index contributed by atoms with van der Waals surface area (Å²) in [5, 5.41) is 7.33. The van der Waals surface area contributed by atoms with Crippen LogP contribution in [0.15, 0.2) is 144 Å². The van der Waals surface area contributed by atoms with Crippen molar-refractivity contribution in [3.63, 3.8) is 0 Å². The molecule has 0 unspecified atom stereocenters. The fourth-order valence-corrected chi connectivity index (χ4v) is 8.04. The van der Waals surface area contributed by atoms with E-state index in [0.29, 0.717) is 0 Å². The molecule has 1 aliphatic rings. The molecule has 0 spiro atoms. The van der Waals surface area contributed by atoms with Gasteiger partial charge in [-0.05, 0) is 62.9 Å². The predicted molar refractivity (Wildman–Crippen MR) is 189 cm³/mol. The van der Waals surface area contributed by atoms with Crippen LogP contribution in [0, 0.1) is 0 Å². The van der Waals surface area contributed by atoms with Gasteiger partial charge in [-0.25, -0.2) is 0 Å². The lowest BCUT2D eigenvalue weighted by atomic mass is 9.82. The van der Waals surface area contributed by atoms with Crippen molar-refractivity contribution < 1.29 is 4.42 Å². The Morgan fingerprint density at radius 2 is 1.22 bits per heavy atom. The zero-order valence-corrected chi connectivity index (χ0v) is 25.1. The van der Waals surface area contributed by atoms with Crippen molar-refractivity contribution in [2.45, 2.75) is 19.3 Å². The maximum Gasteiger partial charge on any atom is 0.143 e. The quantitative estimate of drug-likeness (QED) is 0.200. The fraction of sp³-hybridized carbons (Fsp3) is 0.0698. The summed E-state index contributed by atoms with van der Waals surface area (Å²) in [5.41, 5.74) is 13.0. The van der Waals surface area contributed by atoms with Gasteiger partial charge in [-0.2, -0.15) is 0 Å². The highest BCUT2D eigenvalue weighted by Gasteiger charge is 2.37. The summed E-state index contributed by atoms with van der Waals surface area (Å²) in [6.45, 7) is 4.64. The van der Waals surface area contributed by atoms with Gasteiger partial charge in [0.2, 0.25) is 0 Å². The van der Waals surface area contributed by atoms with Gasteiger partial charge >= 0.3 is 0 Å². The standard InChI is InChI=1S/C43H29NO/c1-43(2)36-16-7-5-14-35(36)41-37(43)23-22-34-33-21-19-28(25-40(33)45-42(34)41)44-38-17-8-6-13-31(38)32-20-18-27(24-39(32)44)30-15-9-11-26-10-3-4-12-29(26)30/h3-25H,1-2H3. The molecule has 0 aliphatic heterocycles. The van der Waals surface area contributed by atoms with Crippen LogP contribution >= 0.6 is 0 Å². The molecule has 45 heavy (non-hydrogen) atoms. The molecule has 0 bridgehead atoms. The average Bonchev–Trinajstić information content (AvgIpc) is 3.69. The third-order valence-electron chi connectivity index (χ3n) is 10.2. The smallest absolute Gasteiger partial charge is 0.143 e. The van der Waals surface area contributed by atoms with Crippen LogP contribution in [-0.2, 0) is 5.41 Å². The molecule has 212 valence electrons. The van der Waals surface area contributed by atoms with E-state index in [0.717, 1.165) is 22.2 Å². The van der Waals surface area contributed by atoms with Crippen LogP contribution in [0.5, 0.6) is 0 Å². The summed E-state index contributed by atoms with van der Waals surface area (Å²) in [6.07, 6.45) is 0. The molecule has 2 aromatic heterocycles. The van der Waals surface area contributed by atoms with Crippen molar-refractivity contribution in [2.24, 2.45) is 0 Å². The van der Waals surface area contributed by atoms with Crippen molar-refractivity contribution >= 4 is 54.5 Å². The Kier molecular flexibility index (Phi) is 4.82. The first-order valence-electron chi connectivity index (χ1n) is 15.7. The molecule has 0 amide bonds. The Morgan fingerprint density at radius 1 is 0.511 bits per heavy atom. The molecule has 0 atom stereocenters. The Morgan fingerprint density at radius 3 is 2.16 bits per heavy atom. The first-order valence-corrected chi connectivity index (χ1v) is 15.7. The van der Waals surface area contributed by atoms with Crippen LogP contribution in [0.3, 0.4) is 0 Å². The minimum Gasteiger partial charge on any atom is -0.455 e. The molecule has 0 saturated heterocycles. The summed E-state index contributed by atoms with van der Waals surface area (Å²) in [4.78, 5) is 0. The molecule has 2 nitrogen and oxygen atoms in total. The van der Waals surface area contributed by atoms with E-state index in [-0.39, 0.29) is 5.41 Å². The van der Waals surface area contributed by atoms with Crippen molar-refractivity contribution in [2.75, 3.05) is 0 Å². The lowest BCUT2D eigenvalue weighted by Gasteiger charge is -2.21. The Balaban J connectivity index is 1.22. The minimum atomic E-state index is -0.0605. The van der Waals surface area contributed by atoms with Crippen molar-refractivity contribution in [1.29, 1.82) is 0 Å². The fourth-order valence-electron chi connectivity index (χ4n) is 8.04. The highest BCUT2D eigenvalue weighted by atomic mass is 16.3. The third kappa shape index (κ3) is 3.29. The van der Waals surface area contributed by atoms with Gasteiger partial charge in [0.15, 0.2) is 0 Å². The number of benzene rings is 7. The second-order valence-corrected chi connectivity index (χ2v) is 12.9. The van der Waals surface area contributed by atoms with Crippen LogP contribution in [0.4, 0.5) is 0 Å². The monoisotopic (exact) mass is 575 g/mol. The second-order valence-electron chi connectivity index (χ2n) is 12.9. The van der Waals surface area contributed by atoms with E-state index in [4.69, 9.17) is 4.42 Å². The van der Waals surface area contributed by atoms with Crippen LogP contribution in [-0.4, -0.2) is 4.57 Å². The van der Waals surface area contributed by atoms with Crippen LogP contribution in [0.2, 0.25) is 0 Å². The molecule has 9 aromatic rings. The van der Waals surface area contributed by atoms with Crippen LogP contribution in [0.25, 0.3) is 82.5 Å². The topological polar surface area (TPSA) is 18.1 Å². The van der Waals surface area contributed by atoms with Crippen molar-refractivity contribution in [1.82, 2.24) is 4.57 Å². The number of nitrogens with zero attached hydrogens (tertiary/aromatic N) is 1. The molecule has 2 heterocycles. The van der Waals surface area contributed by atoms with E-state index in [1.165, 1.54) is 71.3 Å². The van der Waals surface area contributed by atoms with Gasteiger partial charge in [-0.15, -0.1) is 0 Å². The van der Waals surface area contributed by atoms with E-state index in [1.54, 1.807) is 0 Å². The zero-order chi connectivity index (χ0) is 29.9. The summed E-state index contributed by atoms with van der Waals surface area (Å²) in [5.74, 6) is 0. The highest BCUT2D eigenvalue weighted by Crippen LogP contribution is 2.52. The molecule has 0 fully saturated rings. The normalized spacial score (nSPS) is 13.7. The van der Waals surface area contributed by atoms with E-state index in [2.05, 4.69) is 158 Å². The number of rotatable bonds is 2. The van der Waals surface area contributed by atoms with Crippen molar-refractivity contribution in [3.05, 3.63) is 151 Å². The van der Waals surface area contributed by atoms with Gasteiger partial charge < -0.3 is 8.98 Å². The third-order valence-corrected chi connectivity index (χ3v) is 10.2. The predicted octanol–water partition coefficient (Wildman–Crippen LogP) is 11.8. The van der Waals surface area contributed by atoms with Crippen LogP contribution in [0.1, 0.15) is 25.0 Å².